The van der Waals surface area contributed by atoms with Crippen molar-refractivity contribution in [3.05, 3.63) is 66.0 Å². The first-order chi connectivity index (χ1) is 16.0. The topological polar surface area (TPSA) is 121 Å². The highest BCUT2D eigenvalue weighted by molar-refractivity contribution is 5.99. The van der Waals surface area contributed by atoms with Crippen LogP contribution in [0.4, 0.5) is 15.8 Å². The lowest BCUT2D eigenvalue weighted by Gasteiger charge is -2.22. The third-order valence-corrected chi connectivity index (χ3v) is 5.58. The van der Waals surface area contributed by atoms with E-state index >= 15 is 4.39 Å². The fourth-order valence-electron chi connectivity index (χ4n) is 3.93. The zero-order valence-corrected chi connectivity index (χ0v) is 18.6. The lowest BCUT2D eigenvalue weighted by Crippen LogP contribution is -2.47. The molecule has 2 aromatic rings. The molecule has 1 unspecified atom stereocenters. The summed E-state index contributed by atoms with van der Waals surface area (Å²) in [6, 6.07) is 7.06. The van der Waals surface area contributed by atoms with Crippen LogP contribution in [0.3, 0.4) is 0 Å². The van der Waals surface area contributed by atoms with Gasteiger partial charge in [0.15, 0.2) is 5.82 Å². The van der Waals surface area contributed by atoms with Crippen LogP contribution < -0.4 is 21.7 Å². The number of benzene rings is 1. The van der Waals surface area contributed by atoms with Crippen LogP contribution in [0.2, 0.25) is 0 Å². The number of aromatic nitrogens is 1. The van der Waals surface area contributed by atoms with Crippen molar-refractivity contribution in [3.63, 3.8) is 0 Å². The second-order valence-electron chi connectivity index (χ2n) is 7.94. The summed E-state index contributed by atoms with van der Waals surface area (Å²) in [7, 11) is 1.56. The van der Waals surface area contributed by atoms with E-state index in [-0.39, 0.29) is 11.3 Å². The molecular weight excluding hydrogens is 423 g/mol. The highest BCUT2D eigenvalue weighted by atomic mass is 19.1. The third kappa shape index (κ3) is 6.61. The largest absolute Gasteiger partial charge is 0.403 e. The van der Waals surface area contributed by atoms with Crippen molar-refractivity contribution in [2.75, 3.05) is 12.4 Å². The van der Waals surface area contributed by atoms with Crippen LogP contribution in [0.25, 0.3) is 0 Å². The van der Waals surface area contributed by atoms with E-state index in [1.54, 1.807) is 37.6 Å². The molecule has 1 aliphatic carbocycles. The Kier molecular flexibility index (Phi) is 8.51. The Morgan fingerprint density at radius 2 is 1.97 bits per heavy atom. The normalized spacial score (nSPS) is 15.4. The minimum absolute atomic E-state index is 0.150. The van der Waals surface area contributed by atoms with E-state index in [0.29, 0.717) is 23.7 Å². The van der Waals surface area contributed by atoms with Gasteiger partial charge in [0, 0.05) is 37.5 Å². The van der Waals surface area contributed by atoms with Crippen LogP contribution in [-0.2, 0) is 4.79 Å². The maximum Gasteiger partial charge on any atom is 0.254 e. The smallest absolute Gasteiger partial charge is 0.254 e. The summed E-state index contributed by atoms with van der Waals surface area (Å²) in [5, 5.41) is 8.34. The molecule has 2 amide bonds. The van der Waals surface area contributed by atoms with Gasteiger partial charge in [-0.2, -0.15) is 0 Å². The molecule has 1 fully saturated rings. The first kappa shape index (κ1) is 23.9. The maximum absolute atomic E-state index is 15.1. The van der Waals surface area contributed by atoms with Gasteiger partial charge in [-0.05, 0) is 36.6 Å². The van der Waals surface area contributed by atoms with E-state index in [4.69, 9.17) is 5.73 Å². The van der Waals surface area contributed by atoms with Gasteiger partial charge in [0.1, 0.15) is 6.04 Å². The summed E-state index contributed by atoms with van der Waals surface area (Å²) in [5.41, 5.74) is 6.51. The molecule has 1 aliphatic rings. The standard InChI is InChI=1S/C24H29FN6O2/c1-27-15-18(14-26)30-24(33)21(13-16-5-2-3-6-16)31-23(32)19-7-4-8-20(22(19)25)29-17-9-11-28-12-10-17/h4,7-12,14-16,21H,2-3,5-6,13,26H2,1H3,(H,28,29)(H,30,33)(H,31,32)/b18-14+,27-15?. The molecule has 1 saturated carbocycles. The van der Waals surface area contributed by atoms with Gasteiger partial charge in [0.05, 0.1) is 16.9 Å². The van der Waals surface area contributed by atoms with E-state index in [1.807, 2.05) is 0 Å². The number of hydrogen-bond donors (Lipinski definition) is 4. The summed E-state index contributed by atoms with van der Waals surface area (Å²) in [6.45, 7) is 0. The Labute approximate surface area is 192 Å². The summed E-state index contributed by atoms with van der Waals surface area (Å²) in [4.78, 5) is 33.7. The summed E-state index contributed by atoms with van der Waals surface area (Å²) < 4.78 is 15.1. The first-order valence-electron chi connectivity index (χ1n) is 10.9. The number of aliphatic imine (C=N–C) groups is 1. The lowest BCUT2D eigenvalue weighted by molar-refractivity contribution is -0.122. The number of carbonyl (C=O) groups is 2. The van der Waals surface area contributed by atoms with Crippen molar-refractivity contribution in [2.24, 2.45) is 16.6 Å². The molecular formula is C24H29FN6O2. The molecule has 0 saturated heterocycles. The number of anilines is 2. The molecule has 33 heavy (non-hydrogen) atoms. The number of amides is 2. The van der Waals surface area contributed by atoms with Gasteiger partial charge in [-0.3, -0.25) is 19.6 Å². The highest BCUT2D eigenvalue weighted by Crippen LogP contribution is 2.29. The van der Waals surface area contributed by atoms with Gasteiger partial charge in [0.2, 0.25) is 5.91 Å². The van der Waals surface area contributed by atoms with E-state index in [1.165, 1.54) is 24.5 Å². The Morgan fingerprint density at radius 1 is 1.24 bits per heavy atom. The zero-order valence-electron chi connectivity index (χ0n) is 18.6. The number of rotatable bonds is 9. The van der Waals surface area contributed by atoms with Crippen LogP contribution in [0.1, 0.15) is 42.5 Å². The summed E-state index contributed by atoms with van der Waals surface area (Å²) in [6.07, 6.45) is 10.5. The summed E-state index contributed by atoms with van der Waals surface area (Å²) >= 11 is 0. The Balaban J connectivity index is 1.78. The Hall–Kier alpha value is -3.75. The average Bonchev–Trinajstić information content (AvgIpc) is 3.33. The van der Waals surface area contributed by atoms with E-state index < -0.39 is 23.7 Å². The molecule has 5 N–H and O–H groups in total. The van der Waals surface area contributed by atoms with Crippen molar-refractivity contribution in [1.82, 2.24) is 15.6 Å². The van der Waals surface area contributed by atoms with Crippen molar-refractivity contribution >= 4 is 29.4 Å². The van der Waals surface area contributed by atoms with Crippen LogP contribution in [0, 0.1) is 11.7 Å². The van der Waals surface area contributed by atoms with Gasteiger partial charge in [-0.15, -0.1) is 0 Å². The molecule has 3 rings (SSSR count). The molecule has 9 heteroatoms. The maximum atomic E-state index is 15.1. The van der Waals surface area contributed by atoms with E-state index in [0.717, 1.165) is 25.7 Å². The van der Waals surface area contributed by atoms with Gasteiger partial charge in [-0.1, -0.05) is 31.7 Å². The van der Waals surface area contributed by atoms with Crippen molar-refractivity contribution in [3.8, 4) is 0 Å². The minimum Gasteiger partial charge on any atom is -0.403 e. The monoisotopic (exact) mass is 452 g/mol. The second-order valence-corrected chi connectivity index (χ2v) is 7.94. The predicted molar refractivity (Wildman–Crippen MR) is 127 cm³/mol. The number of pyridine rings is 1. The zero-order chi connectivity index (χ0) is 23.6. The van der Waals surface area contributed by atoms with E-state index in [9.17, 15) is 9.59 Å². The molecule has 1 aromatic heterocycles. The number of carbonyl (C=O) groups excluding carboxylic acids is 2. The van der Waals surface area contributed by atoms with Crippen LogP contribution in [0.15, 0.2) is 59.6 Å². The van der Waals surface area contributed by atoms with Crippen LogP contribution in [0.5, 0.6) is 0 Å². The van der Waals surface area contributed by atoms with Gasteiger partial charge < -0.3 is 21.7 Å². The van der Waals surface area contributed by atoms with Gasteiger partial charge in [-0.25, -0.2) is 4.39 Å². The summed E-state index contributed by atoms with van der Waals surface area (Å²) in [5.74, 6) is -1.46. The molecule has 0 spiro atoms. The quantitative estimate of drug-likeness (QED) is 0.435. The minimum atomic E-state index is -0.836. The number of nitrogens with two attached hydrogens (primary N) is 1. The van der Waals surface area contributed by atoms with Crippen molar-refractivity contribution < 1.29 is 14.0 Å². The number of nitrogens with one attached hydrogen (secondary N) is 3. The SMILES string of the molecule is CN=C/C(=C\N)NC(=O)C(CC1CCCC1)NC(=O)c1cccc(Nc2ccncc2)c1F. The third-order valence-electron chi connectivity index (χ3n) is 5.58. The first-order valence-corrected chi connectivity index (χ1v) is 10.9. The van der Waals surface area contributed by atoms with Crippen molar-refractivity contribution in [2.45, 2.75) is 38.1 Å². The van der Waals surface area contributed by atoms with Crippen molar-refractivity contribution in [1.29, 1.82) is 0 Å². The number of nitrogens with zero attached hydrogens (tertiary/aromatic N) is 2. The van der Waals surface area contributed by atoms with Crippen LogP contribution in [-0.4, -0.2) is 36.1 Å². The molecule has 174 valence electrons. The number of halogens is 1. The molecule has 0 radical (unpaired) electrons. The second kappa shape index (κ2) is 11.8. The molecule has 0 bridgehead atoms. The Bertz CT molecular complexity index is 1020. The fraction of sp³-hybridized carbons (Fsp3) is 0.333. The number of allylic oxidation sites excluding steroid dienone is 1. The molecule has 8 nitrogen and oxygen atoms in total. The molecule has 1 atom stereocenters. The average molecular weight is 453 g/mol. The fourth-order valence-corrected chi connectivity index (χ4v) is 3.93. The lowest BCUT2D eigenvalue weighted by atomic mass is 9.97. The Morgan fingerprint density at radius 3 is 2.64 bits per heavy atom. The molecule has 1 aromatic carbocycles. The molecule has 0 aliphatic heterocycles. The molecule has 1 heterocycles. The number of hydrogen-bond acceptors (Lipinski definition) is 6. The van der Waals surface area contributed by atoms with Crippen LogP contribution >= 0.6 is 0 Å². The van der Waals surface area contributed by atoms with Gasteiger partial charge in [0.25, 0.3) is 5.91 Å². The van der Waals surface area contributed by atoms with E-state index in [2.05, 4.69) is 25.9 Å². The predicted octanol–water partition coefficient (Wildman–Crippen LogP) is 3.26. The van der Waals surface area contributed by atoms with Gasteiger partial charge >= 0.3 is 0 Å². The highest BCUT2D eigenvalue weighted by Gasteiger charge is 2.28.